The molecule has 1 aliphatic heterocycles. The molecule has 2 atom stereocenters. The van der Waals surface area contributed by atoms with Crippen molar-refractivity contribution in [2.45, 2.75) is 45.4 Å². The summed E-state index contributed by atoms with van der Waals surface area (Å²) in [6, 6.07) is 8.85. The summed E-state index contributed by atoms with van der Waals surface area (Å²) in [7, 11) is 1.30. The number of methoxy groups -OCH3 is 1. The third kappa shape index (κ3) is 6.75. The number of hydrogen-bond donors (Lipinski definition) is 1. The van der Waals surface area contributed by atoms with Gasteiger partial charge in [-0.3, -0.25) is 4.79 Å². The molecular formula is C20H28N2O6. The van der Waals surface area contributed by atoms with Crippen LogP contribution in [0.3, 0.4) is 0 Å². The summed E-state index contributed by atoms with van der Waals surface area (Å²) in [5.41, 5.74) is 0.205. The van der Waals surface area contributed by atoms with Crippen LogP contribution in [0.25, 0.3) is 0 Å². The highest BCUT2D eigenvalue weighted by Crippen LogP contribution is 2.21. The van der Waals surface area contributed by atoms with Crippen LogP contribution in [0, 0.1) is 5.92 Å². The van der Waals surface area contributed by atoms with Gasteiger partial charge in [-0.25, -0.2) is 9.59 Å². The highest BCUT2D eigenvalue weighted by molar-refractivity contribution is 5.75. The second-order valence-corrected chi connectivity index (χ2v) is 7.74. The van der Waals surface area contributed by atoms with Crippen LogP contribution in [0.15, 0.2) is 30.3 Å². The van der Waals surface area contributed by atoms with Crippen LogP contribution in [-0.4, -0.2) is 54.9 Å². The molecule has 0 unspecified atom stereocenters. The molecule has 1 saturated heterocycles. The zero-order valence-electron chi connectivity index (χ0n) is 16.8. The smallest absolute Gasteiger partial charge is 0.410 e. The Kier molecular flexibility index (Phi) is 7.25. The normalized spacial score (nSPS) is 19.5. The Morgan fingerprint density at radius 2 is 1.82 bits per heavy atom. The Balaban J connectivity index is 1.97. The lowest BCUT2D eigenvalue weighted by Crippen LogP contribution is -2.55. The highest BCUT2D eigenvalue weighted by Gasteiger charge is 2.37. The van der Waals surface area contributed by atoms with E-state index in [2.05, 4.69) is 5.32 Å². The van der Waals surface area contributed by atoms with Crippen molar-refractivity contribution in [2.24, 2.45) is 5.92 Å². The number of nitrogens with zero attached hydrogens (tertiary/aromatic N) is 1. The minimum absolute atomic E-state index is 0.135. The van der Waals surface area contributed by atoms with Gasteiger partial charge in [0.2, 0.25) is 0 Å². The van der Waals surface area contributed by atoms with Crippen molar-refractivity contribution < 1.29 is 28.6 Å². The van der Waals surface area contributed by atoms with Gasteiger partial charge in [-0.2, -0.15) is 0 Å². The molecule has 1 aromatic carbocycles. The van der Waals surface area contributed by atoms with E-state index in [4.69, 9.17) is 14.2 Å². The molecule has 0 saturated carbocycles. The minimum Gasteiger partial charge on any atom is -0.469 e. The van der Waals surface area contributed by atoms with E-state index >= 15 is 0 Å². The number of ether oxygens (including phenoxy) is 3. The van der Waals surface area contributed by atoms with Gasteiger partial charge in [-0.05, 0) is 32.8 Å². The fourth-order valence-corrected chi connectivity index (χ4v) is 2.95. The van der Waals surface area contributed by atoms with Gasteiger partial charge in [0.05, 0.1) is 19.1 Å². The topological polar surface area (TPSA) is 94.2 Å². The highest BCUT2D eigenvalue weighted by atomic mass is 16.6. The van der Waals surface area contributed by atoms with Crippen molar-refractivity contribution >= 4 is 18.2 Å². The monoisotopic (exact) mass is 392 g/mol. The summed E-state index contributed by atoms with van der Waals surface area (Å²) >= 11 is 0. The number of hydrogen-bond acceptors (Lipinski definition) is 6. The number of carbonyl (C=O) groups is 3. The van der Waals surface area contributed by atoms with Crippen LogP contribution in [-0.2, 0) is 25.6 Å². The first-order chi connectivity index (χ1) is 13.2. The molecule has 2 rings (SSSR count). The maximum atomic E-state index is 12.4. The molecule has 8 heteroatoms. The molecule has 154 valence electrons. The molecule has 1 fully saturated rings. The molecule has 0 radical (unpaired) electrons. The summed E-state index contributed by atoms with van der Waals surface area (Å²) < 4.78 is 15.4. The molecule has 1 aliphatic rings. The zero-order valence-corrected chi connectivity index (χ0v) is 16.8. The van der Waals surface area contributed by atoms with Crippen molar-refractivity contribution in [3.05, 3.63) is 35.9 Å². The number of piperidine rings is 1. The minimum atomic E-state index is -0.660. The van der Waals surface area contributed by atoms with Crippen LogP contribution in [0.4, 0.5) is 9.59 Å². The number of esters is 1. The van der Waals surface area contributed by atoms with Crippen LogP contribution >= 0.6 is 0 Å². The van der Waals surface area contributed by atoms with E-state index in [0.29, 0.717) is 6.42 Å². The number of rotatable bonds is 4. The third-order valence-electron chi connectivity index (χ3n) is 4.17. The predicted molar refractivity (Wildman–Crippen MR) is 101 cm³/mol. The van der Waals surface area contributed by atoms with Crippen molar-refractivity contribution in [3.8, 4) is 0 Å². The summed E-state index contributed by atoms with van der Waals surface area (Å²) in [6.07, 6.45) is -0.791. The average molecular weight is 392 g/mol. The van der Waals surface area contributed by atoms with Gasteiger partial charge in [0.25, 0.3) is 0 Å². The second-order valence-electron chi connectivity index (χ2n) is 7.74. The summed E-state index contributed by atoms with van der Waals surface area (Å²) in [5, 5.41) is 2.73. The SMILES string of the molecule is COC(=O)[C@@H]1C[C@@H](NC(=O)OCc2ccccc2)CN(C(=O)OC(C)(C)C)C1. The van der Waals surface area contributed by atoms with Gasteiger partial charge in [-0.15, -0.1) is 0 Å². The molecule has 0 bridgehead atoms. The fraction of sp³-hybridized carbons (Fsp3) is 0.550. The van der Waals surface area contributed by atoms with Crippen molar-refractivity contribution in [1.29, 1.82) is 0 Å². The van der Waals surface area contributed by atoms with E-state index in [1.54, 1.807) is 20.8 Å². The summed E-state index contributed by atoms with van der Waals surface area (Å²) in [5.74, 6) is -0.983. The molecular weight excluding hydrogens is 364 g/mol. The second kappa shape index (κ2) is 9.43. The molecule has 1 aromatic rings. The number of amides is 2. The van der Waals surface area contributed by atoms with E-state index < -0.39 is 35.7 Å². The fourth-order valence-electron chi connectivity index (χ4n) is 2.95. The van der Waals surface area contributed by atoms with E-state index in [1.165, 1.54) is 12.0 Å². The molecule has 8 nitrogen and oxygen atoms in total. The zero-order chi connectivity index (χ0) is 20.7. The standard InChI is InChI=1S/C20H28N2O6/c1-20(2,3)28-19(25)22-11-15(17(23)26-4)10-16(12-22)21-18(24)27-13-14-8-6-5-7-9-14/h5-9,15-16H,10-13H2,1-4H3,(H,21,24)/t15-,16-/m1/s1. The predicted octanol–water partition coefficient (Wildman–Crippen LogP) is 2.71. The molecule has 2 amide bonds. The molecule has 1 N–H and O–H groups in total. The number of nitrogens with one attached hydrogen (secondary N) is 1. The lowest BCUT2D eigenvalue weighted by molar-refractivity contribution is -0.147. The van der Waals surface area contributed by atoms with Crippen molar-refractivity contribution in [3.63, 3.8) is 0 Å². The Morgan fingerprint density at radius 1 is 1.14 bits per heavy atom. The lowest BCUT2D eigenvalue weighted by atomic mass is 9.94. The molecule has 0 spiro atoms. The third-order valence-corrected chi connectivity index (χ3v) is 4.17. The first-order valence-electron chi connectivity index (χ1n) is 9.21. The number of alkyl carbamates (subject to hydrolysis) is 1. The number of carbonyl (C=O) groups excluding carboxylic acids is 3. The van der Waals surface area contributed by atoms with Gasteiger partial charge in [0.1, 0.15) is 12.2 Å². The van der Waals surface area contributed by atoms with Crippen molar-refractivity contribution in [1.82, 2.24) is 10.2 Å². The van der Waals surface area contributed by atoms with Gasteiger partial charge in [0.15, 0.2) is 0 Å². The molecule has 1 heterocycles. The van der Waals surface area contributed by atoms with Gasteiger partial charge in [0, 0.05) is 13.1 Å². The summed E-state index contributed by atoms with van der Waals surface area (Å²) in [6.45, 7) is 5.84. The van der Waals surface area contributed by atoms with E-state index in [1.807, 2.05) is 30.3 Å². The number of likely N-dealkylation sites (tertiary alicyclic amines) is 1. The van der Waals surface area contributed by atoms with E-state index in [9.17, 15) is 14.4 Å². The first kappa shape index (κ1) is 21.5. The Bertz CT molecular complexity index is 686. The van der Waals surface area contributed by atoms with Gasteiger partial charge >= 0.3 is 18.2 Å². The Hall–Kier alpha value is -2.77. The maximum absolute atomic E-state index is 12.4. The lowest BCUT2D eigenvalue weighted by Gasteiger charge is -2.37. The van der Waals surface area contributed by atoms with Crippen LogP contribution in [0.5, 0.6) is 0 Å². The average Bonchev–Trinajstić information content (AvgIpc) is 2.65. The van der Waals surface area contributed by atoms with E-state index in [-0.39, 0.29) is 19.7 Å². The van der Waals surface area contributed by atoms with Crippen molar-refractivity contribution in [2.75, 3.05) is 20.2 Å². The van der Waals surface area contributed by atoms with E-state index in [0.717, 1.165) is 5.56 Å². The Morgan fingerprint density at radius 3 is 2.43 bits per heavy atom. The largest absolute Gasteiger partial charge is 0.469 e. The van der Waals surface area contributed by atoms with Crippen LogP contribution < -0.4 is 5.32 Å². The number of benzene rings is 1. The molecule has 0 aromatic heterocycles. The maximum Gasteiger partial charge on any atom is 0.410 e. The molecule has 0 aliphatic carbocycles. The van der Waals surface area contributed by atoms with Gasteiger partial charge in [-0.1, -0.05) is 30.3 Å². The molecule has 28 heavy (non-hydrogen) atoms. The Labute approximate surface area is 165 Å². The van der Waals surface area contributed by atoms with Crippen LogP contribution in [0.2, 0.25) is 0 Å². The van der Waals surface area contributed by atoms with Gasteiger partial charge < -0.3 is 24.4 Å². The first-order valence-corrected chi connectivity index (χ1v) is 9.21. The summed E-state index contributed by atoms with van der Waals surface area (Å²) in [4.78, 5) is 38.0. The van der Waals surface area contributed by atoms with Crippen LogP contribution in [0.1, 0.15) is 32.8 Å². The quantitative estimate of drug-likeness (QED) is 0.625.